The van der Waals surface area contributed by atoms with E-state index in [9.17, 15) is 9.59 Å². The summed E-state index contributed by atoms with van der Waals surface area (Å²) < 4.78 is 0. The highest BCUT2D eigenvalue weighted by Crippen LogP contribution is 2.24. The van der Waals surface area contributed by atoms with E-state index >= 15 is 0 Å². The van der Waals surface area contributed by atoms with Crippen LogP contribution in [0.5, 0.6) is 0 Å². The van der Waals surface area contributed by atoms with Crippen LogP contribution in [0.2, 0.25) is 0 Å². The average Bonchev–Trinajstić information content (AvgIpc) is 3.50. The van der Waals surface area contributed by atoms with Gasteiger partial charge in [0, 0.05) is 49.3 Å². The Kier molecular flexibility index (Phi) is 9.03. The number of benzene rings is 3. The van der Waals surface area contributed by atoms with Crippen molar-refractivity contribution in [1.82, 2.24) is 19.8 Å². The number of amides is 2. The van der Waals surface area contributed by atoms with Crippen molar-refractivity contribution in [1.29, 1.82) is 0 Å². The molecule has 2 amide bonds. The molecular formula is C37H34N4O2S. The maximum absolute atomic E-state index is 14.5. The molecule has 6 rings (SSSR count). The van der Waals surface area contributed by atoms with Gasteiger partial charge in [-0.15, -0.1) is 11.3 Å². The summed E-state index contributed by atoms with van der Waals surface area (Å²) in [6.07, 6.45) is 6.28. The van der Waals surface area contributed by atoms with Crippen molar-refractivity contribution in [3.8, 4) is 11.3 Å². The summed E-state index contributed by atoms with van der Waals surface area (Å²) in [5, 5.41) is 2.86. The van der Waals surface area contributed by atoms with Gasteiger partial charge in [0.25, 0.3) is 0 Å². The van der Waals surface area contributed by atoms with Crippen LogP contribution in [0.3, 0.4) is 0 Å². The van der Waals surface area contributed by atoms with E-state index in [1.165, 1.54) is 16.9 Å². The maximum atomic E-state index is 14.5. The van der Waals surface area contributed by atoms with Crippen molar-refractivity contribution in [2.75, 3.05) is 6.54 Å². The second-order valence-corrected chi connectivity index (χ2v) is 12.0. The van der Waals surface area contributed by atoms with Gasteiger partial charge in [-0.1, -0.05) is 84.9 Å². The van der Waals surface area contributed by atoms with E-state index in [0.717, 1.165) is 45.1 Å². The first kappa shape index (κ1) is 29.2. The van der Waals surface area contributed by atoms with Crippen LogP contribution in [0.15, 0.2) is 115 Å². The summed E-state index contributed by atoms with van der Waals surface area (Å²) >= 11 is 1.54. The van der Waals surface area contributed by atoms with Crippen LogP contribution in [0.4, 0.5) is 0 Å². The van der Waals surface area contributed by atoms with Gasteiger partial charge in [0.2, 0.25) is 11.8 Å². The van der Waals surface area contributed by atoms with E-state index in [4.69, 9.17) is 0 Å². The Morgan fingerprint density at radius 1 is 0.909 bits per heavy atom. The molecule has 2 aromatic heterocycles. The van der Waals surface area contributed by atoms with Gasteiger partial charge in [0.05, 0.1) is 16.4 Å². The molecule has 0 fully saturated rings. The fourth-order valence-electron chi connectivity index (χ4n) is 5.62. The summed E-state index contributed by atoms with van der Waals surface area (Å²) in [5.74, 6) is -0.268. The second kappa shape index (κ2) is 13.6. The lowest BCUT2D eigenvalue weighted by atomic mass is 9.97. The molecule has 1 aliphatic heterocycles. The van der Waals surface area contributed by atoms with Crippen LogP contribution in [0.1, 0.15) is 33.0 Å². The smallest absolute Gasteiger partial charge is 0.247 e. The van der Waals surface area contributed by atoms with Gasteiger partial charge in [0.1, 0.15) is 6.04 Å². The number of hydrogen-bond acceptors (Lipinski definition) is 5. The Balaban J connectivity index is 1.34. The molecule has 0 aliphatic carbocycles. The largest absolute Gasteiger partial charge is 0.336 e. The van der Waals surface area contributed by atoms with Gasteiger partial charge < -0.3 is 9.80 Å². The second-order valence-electron chi connectivity index (χ2n) is 11.0. The van der Waals surface area contributed by atoms with Crippen LogP contribution in [-0.4, -0.2) is 44.2 Å². The van der Waals surface area contributed by atoms with Gasteiger partial charge in [-0.3, -0.25) is 14.6 Å². The third kappa shape index (κ3) is 7.01. The minimum absolute atomic E-state index is 0.0419. The number of rotatable bonds is 9. The lowest BCUT2D eigenvalue weighted by Gasteiger charge is -2.37. The number of carbonyl (C=O) groups excluding carboxylic acids is 2. The average molecular weight is 599 g/mol. The normalized spacial score (nSPS) is 13.4. The third-order valence-electron chi connectivity index (χ3n) is 7.96. The van der Waals surface area contributed by atoms with Gasteiger partial charge in [-0.05, 0) is 53.8 Å². The van der Waals surface area contributed by atoms with Gasteiger partial charge >= 0.3 is 0 Å². The van der Waals surface area contributed by atoms with Crippen LogP contribution in [0, 0.1) is 6.92 Å². The molecule has 44 heavy (non-hydrogen) atoms. The number of nitrogens with zero attached hydrogens (tertiary/aromatic N) is 4. The molecule has 0 spiro atoms. The number of aryl methyl sites for hydroxylation is 1. The van der Waals surface area contributed by atoms with E-state index < -0.39 is 6.04 Å². The van der Waals surface area contributed by atoms with Crippen molar-refractivity contribution in [2.45, 2.75) is 38.9 Å². The highest BCUT2D eigenvalue weighted by Gasteiger charge is 2.34. The van der Waals surface area contributed by atoms with Gasteiger partial charge in [0.15, 0.2) is 0 Å². The van der Waals surface area contributed by atoms with E-state index in [2.05, 4.69) is 22.1 Å². The summed E-state index contributed by atoms with van der Waals surface area (Å²) in [6.45, 7) is 3.39. The Morgan fingerprint density at radius 3 is 2.39 bits per heavy atom. The van der Waals surface area contributed by atoms with E-state index in [1.54, 1.807) is 23.2 Å². The number of hydrogen-bond donors (Lipinski definition) is 0. The lowest BCUT2D eigenvalue weighted by Crippen LogP contribution is -2.52. The predicted molar refractivity (Wildman–Crippen MR) is 176 cm³/mol. The van der Waals surface area contributed by atoms with Crippen LogP contribution in [0.25, 0.3) is 17.3 Å². The lowest BCUT2D eigenvalue weighted by molar-refractivity contribution is -0.144. The number of pyridine rings is 1. The van der Waals surface area contributed by atoms with Gasteiger partial charge in [-0.25, -0.2) is 4.98 Å². The molecule has 220 valence electrons. The molecule has 3 aromatic carbocycles. The first-order valence-electron chi connectivity index (χ1n) is 14.8. The summed E-state index contributed by atoms with van der Waals surface area (Å²) in [4.78, 5) is 41.1. The molecule has 7 heteroatoms. The standard InChI is InChI=1S/C37H34N4O2S/c1-27-39-33(26-44-27)18-19-36(42)41(24-29-14-16-31(17-15-29)34-13-7-8-21-38-34)35(23-28-9-3-2-4-10-28)37(43)40-22-20-30-11-5-6-12-32(30)25-40/h2-19,21,26,35H,20,22-25H2,1H3/t35-/m0/s1. The van der Waals surface area contributed by atoms with Crippen molar-refractivity contribution in [2.24, 2.45) is 0 Å². The molecule has 0 N–H and O–H groups in total. The first-order valence-corrected chi connectivity index (χ1v) is 15.7. The minimum atomic E-state index is -0.688. The zero-order valence-corrected chi connectivity index (χ0v) is 25.5. The topological polar surface area (TPSA) is 66.4 Å². The summed E-state index contributed by atoms with van der Waals surface area (Å²) in [6, 6.07) is 31.4. The SMILES string of the molecule is Cc1nc(C=CC(=O)N(Cc2ccc(-c3ccccn3)cc2)[C@@H](Cc2ccccc2)C(=O)N2CCc3ccccc3C2)cs1. The number of fused-ring (bicyclic) bond motifs is 1. The van der Waals surface area contributed by atoms with Crippen molar-refractivity contribution < 1.29 is 9.59 Å². The molecule has 0 saturated carbocycles. The van der Waals surface area contributed by atoms with Crippen molar-refractivity contribution in [3.05, 3.63) is 148 Å². The highest BCUT2D eigenvalue weighted by molar-refractivity contribution is 7.09. The zero-order valence-electron chi connectivity index (χ0n) is 24.7. The van der Waals surface area contributed by atoms with Crippen LogP contribution in [-0.2, 0) is 35.5 Å². The summed E-state index contributed by atoms with van der Waals surface area (Å²) in [7, 11) is 0. The quantitative estimate of drug-likeness (QED) is 0.176. The van der Waals surface area contributed by atoms with Gasteiger partial charge in [-0.2, -0.15) is 0 Å². The van der Waals surface area contributed by atoms with E-state index in [1.807, 2.05) is 102 Å². The predicted octanol–water partition coefficient (Wildman–Crippen LogP) is 6.75. The van der Waals surface area contributed by atoms with Crippen LogP contribution >= 0.6 is 11.3 Å². The number of carbonyl (C=O) groups is 2. The fraction of sp³-hybridized carbons (Fsp3) is 0.189. The molecule has 0 radical (unpaired) electrons. The minimum Gasteiger partial charge on any atom is -0.336 e. The third-order valence-corrected chi connectivity index (χ3v) is 8.75. The summed E-state index contributed by atoms with van der Waals surface area (Å²) in [5.41, 5.74) is 6.99. The molecule has 3 heterocycles. The molecule has 0 unspecified atom stereocenters. The Hall–Kier alpha value is -4.88. The molecule has 6 nitrogen and oxygen atoms in total. The van der Waals surface area contributed by atoms with Crippen molar-refractivity contribution >= 4 is 29.2 Å². The molecule has 0 bridgehead atoms. The van der Waals surface area contributed by atoms with Crippen molar-refractivity contribution in [3.63, 3.8) is 0 Å². The Morgan fingerprint density at radius 2 is 1.66 bits per heavy atom. The Bertz CT molecular complexity index is 1750. The van der Waals surface area contributed by atoms with E-state index in [-0.39, 0.29) is 18.4 Å². The molecule has 5 aromatic rings. The highest BCUT2D eigenvalue weighted by atomic mass is 32.1. The number of aromatic nitrogens is 2. The van der Waals surface area contributed by atoms with E-state index in [0.29, 0.717) is 19.5 Å². The molecule has 1 atom stereocenters. The Labute approximate surface area is 262 Å². The zero-order chi connectivity index (χ0) is 30.3. The molecular weight excluding hydrogens is 565 g/mol. The molecule has 1 aliphatic rings. The maximum Gasteiger partial charge on any atom is 0.247 e. The first-order chi connectivity index (χ1) is 21.5. The van der Waals surface area contributed by atoms with Crippen LogP contribution < -0.4 is 0 Å². The molecule has 0 saturated heterocycles. The monoisotopic (exact) mass is 598 g/mol. The fourth-order valence-corrected chi connectivity index (χ4v) is 6.21. The number of thiazole rings is 1.